The molecule has 10 heteroatoms. The number of aliphatic imine (C=N–C) groups is 1. The van der Waals surface area contributed by atoms with Gasteiger partial charge in [0.25, 0.3) is 0 Å². The summed E-state index contributed by atoms with van der Waals surface area (Å²) in [5, 5.41) is 7.25. The van der Waals surface area contributed by atoms with Crippen LogP contribution in [-0.4, -0.2) is 97.7 Å². The largest absolute Gasteiger partial charge is 0.368 e. The number of aromatic nitrogens is 1. The maximum absolute atomic E-state index is 12.7. The molecule has 0 spiro atoms. The van der Waals surface area contributed by atoms with E-state index in [2.05, 4.69) is 54.4 Å². The van der Waals surface area contributed by atoms with Crippen molar-refractivity contribution in [1.29, 1.82) is 0 Å². The van der Waals surface area contributed by atoms with Crippen LogP contribution in [0.2, 0.25) is 0 Å². The van der Waals surface area contributed by atoms with Crippen LogP contribution in [0.15, 0.2) is 52.2 Å². The summed E-state index contributed by atoms with van der Waals surface area (Å²) in [5.74, 6) is 0.913. The number of anilines is 1. The van der Waals surface area contributed by atoms with Gasteiger partial charge in [0.15, 0.2) is 5.96 Å². The highest BCUT2D eigenvalue weighted by atomic mass is 127. The highest BCUT2D eigenvalue weighted by Gasteiger charge is 2.23. The minimum absolute atomic E-state index is 0. The number of para-hydroxylation sites is 1. The first-order valence-corrected chi connectivity index (χ1v) is 10.9. The highest BCUT2D eigenvalue weighted by Crippen LogP contribution is 2.15. The molecule has 9 nitrogen and oxygen atoms in total. The van der Waals surface area contributed by atoms with Crippen molar-refractivity contribution in [3.05, 3.63) is 48.4 Å². The number of nitrogens with one attached hydrogen (secondary N) is 1. The Bertz CT molecular complexity index is 846. The van der Waals surface area contributed by atoms with Gasteiger partial charge in [-0.2, -0.15) is 0 Å². The van der Waals surface area contributed by atoms with Gasteiger partial charge in [-0.1, -0.05) is 23.4 Å². The predicted octanol–water partition coefficient (Wildman–Crippen LogP) is 1.33. The zero-order valence-corrected chi connectivity index (χ0v) is 20.9. The third kappa shape index (κ3) is 6.35. The third-order valence-corrected chi connectivity index (χ3v) is 5.91. The van der Waals surface area contributed by atoms with Crippen LogP contribution in [0.1, 0.15) is 5.69 Å². The van der Waals surface area contributed by atoms with Crippen LogP contribution in [0.25, 0.3) is 0 Å². The lowest BCUT2D eigenvalue weighted by Gasteiger charge is -2.37. The fourth-order valence-corrected chi connectivity index (χ4v) is 4.12. The summed E-state index contributed by atoms with van der Waals surface area (Å²) < 4.78 is 4.91. The highest BCUT2D eigenvalue weighted by molar-refractivity contribution is 14.0. The van der Waals surface area contributed by atoms with E-state index in [-0.39, 0.29) is 36.4 Å². The van der Waals surface area contributed by atoms with Gasteiger partial charge in [0, 0.05) is 77.7 Å². The van der Waals surface area contributed by atoms with E-state index in [0.29, 0.717) is 0 Å². The van der Waals surface area contributed by atoms with E-state index in [1.165, 1.54) is 5.69 Å². The normalized spacial score (nSPS) is 17.8. The Morgan fingerprint density at radius 1 is 1.00 bits per heavy atom. The fraction of sp³-hybridized carbons (Fsp3) is 0.500. The molecule has 1 aromatic carbocycles. The minimum atomic E-state index is 0. The lowest BCUT2D eigenvalue weighted by molar-refractivity contribution is -0.130. The van der Waals surface area contributed by atoms with Crippen LogP contribution in [0.5, 0.6) is 0 Å². The summed E-state index contributed by atoms with van der Waals surface area (Å²) in [6.07, 6.45) is 1.61. The number of piperazine rings is 2. The van der Waals surface area contributed by atoms with Crippen molar-refractivity contribution in [3.63, 3.8) is 0 Å². The van der Waals surface area contributed by atoms with Gasteiger partial charge in [0.1, 0.15) is 6.26 Å². The SMILES string of the molecule is CN=C(NCC(=O)N1CCN(c2ccccc2)CC1)N1CCN(Cc2ccon2)CC1.I. The number of halogens is 1. The molecular formula is C22H32IN7O2. The van der Waals surface area contributed by atoms with Crippen molar-refractivity contribution >= 4 is 41.5 Å². The van der Waals surface area contributed by atoms with Crippen LogP contribution in [-0.2, 0) is 11.3 Å². The first kappa shape index (κ1) is 24.3. The van der Waals surface area contributed by atoms with Crippen molar-refractivity contribution in [2.75, 3.05) is 70.9 Å². The van der Waals surface area contributed by atoms with E-state index in [9.17, 15) is 4.79 Å². The molecule has 0 bridgehead atoms. The summed E-state index contributed by atoms with van der Waals surface area (Å²) in [6.45, 7) is 7.84. The number of nitrogens with zero attached hydrogens (tertiary/aromatic N) is 6. The van der Waals surface area contributed by atoms with Gasteiger partial charge in [-0.05, 0) is 12.1 Å². The Morgan fingerprint density at radius 2 is 1.69 bits per heavy atom. The number of benzene rings is 1. The van der Waals surface area contributed by atoms with E-state index >= 15 is 0 Å². The zero-order chi connectivity index (χ0) is 21.5. The summed E-state index contributed by atoms with van der Waals surface area (Å²) >= 11 is 0. The number of guanidine groups is 1. The molecule has 4 rings (SSSR count). The number of hydrogen-bond donors (Lipinski definition) is 1. The summed E-state index contributed by atoms with van der Waals surface area (Å²) in [7, 11) is 1.77. The Hall–Kier alpha value is -2.34. The fourth-order valence-electron chi connectivity index (χ4n) is 4.12. The van der Waals surface area contributed by atoms with Gasteiger partial charge in [-0.15, -0.1) is 24.0 Å². The first-order valence-electron chi connectivity index (χ1n) is 10.9. The molecule has 2 aliphatic heterocycles. The molecule has 2 fully saturated rings. The van der Waals surface area contributed by atoms with Gasteiger partial charge in [-0.25, -0.2) is 0 Å². The summed E-state index contributed by atoms with van der Waals surface area (Å²) in [5.41, 5.74) is 2.17. The van der Waals surface area contributed by atoms with Crippen LogP contribution in [0, 0.1) is 0 Å². The van der Waals surface area contributed by atoms with Gasteiger partial charge in [0.05, 0.1) is 12.2 Å². The van der Waals surface area contributed by atoms with Crippen molar-refractivity contribution in [1.82, 2.24) is 25.2 Å². The van der Waals surface area contributed by atoms with Gasteiger partial charge >= 0.3 is 0 Å². The molecule has 0 aliphatic carbocycles. The number of amides is 1. The second-order valence-electron chi connectivity index (χ2n) is 7.86. The second-order valence-corrected chi connectivity index (χ2v) is 7.86. The Balaban J connectivity index is 0.00000289. The monoisotopic (exact) mass is 553 g/mol. The smallest absolute Gasteiger partial charge is 0.242 e. The molecule has 2 saturated heterocycles. The quantitative estimate of drug-likeness (QED) is 0.340. The molecule has 1 aromatic heterocycles. The molecule has 32 heavy (non-hydrogen) atoms. The van der Waals surface area contributed by atoms with Crippen molar-refractivity contribution in [2.24, 2.45) is 4.99 Å². The second kappa shape index (κ2) is 12.0. The van der Waals surface area contributed by atoms with Gasteiger partial charge in [0.2, 0.25) is 5.91 Å². The zero-order valence-electron chi connectivity index (χ0n) is 18.5. The van der Waals surface area contributed by atoms with Crippen LogP contribution < -0.4 is 10.2 Å². The number of carbonyl (C=O) groups excluding carboxylic acids is 1. The molecule has 0 unspecified atom stereocenters. The Labute approximate surface area is 206 Å². The van der Waals surface area contributed by atoms with E-state index < -0.39 is 0 Å². The van der Waals surface area contributed by atoms with Gasteiger partial charge in [-0.3, -0.25) is 14.7 Å². The first-order chi connectivity index (χ1) is 15.2. The number of rotatable bonds is 5. The molecule has 174 valence electrons. The molecule has 1 N–H and O–H groups in total. The maximum atomic E-state index is 12.7. The van der Waals surface area contributed by atoms with Crippen molar-refractivity contribution in [3.8, 4) is 0 Å². The molecule has 2 aromatic rings. The molecule has 0 atom stereocenters. The summed E-state index contributed by atoms with van der Waals surface area (Å²) in [6, 6.07) is 12.3. The Morgan fingerprint density at radius 3 is 2.31 bits per heavy atom. The van der Waals surface area contributed by atoms with E-state index in [1.807, 2.05) is 17.0 Å². The van der Waals surface area contributed by atoms with E-state index in [1.54, 1.807) is 13.3 Å². The van der Waals surface area contributed by atoms with Gasteiger partial charge < -0.3 is 24.5 Å². The van der Waals surface area contributed by atoms with E-state index in [4.69, 9.17) is 4.52 Å². The van der Waals surface area contributed by atoms with Crippen molar-refractivity contribution < 1.29 is 9.32 Å². The standard InChI is InChI=1S/C22H31N7O2.HI/c1-23-22(29-10-8-26(9-11-29)18-19-7-16-31-25-19)24-17-21(30)28-14-12-27(13-15-28)20-5-3-2-4-6-20;/h2-7,16H,8-15,17-18H2,1H3,(H,23,24);1H. The molecule has 2 aliphatic rings. The Kier molecular flexibility index (Phi) is 9.15. The average molecular weight is 553 g/mol. The molecule has 0 saturated carbocycles. The van der Waals surface area contributed by atoms with Crippen LogP contribution in [0.4, 0.5) is 5.69 Å². The number of hydrogen-bond acceptors (Lipinski definition) is 6. The molecule has 1 amide bonds. The summed E-state index contributed by atoms with van der Waals surface area (Å²) in [4.78, 5) is 25.9. The van der Waals surface area contributed by atoms with Crippen molar-refractivity contribution in [2.45, 2.75) is 6.54 Å². The molecular weight excluding hydrogens is 521 g/mol. The van der Waals surface area contributed by atoms with E-state index in [0.717, 1.165) is 70.6 Å². The average Bonchev–Trinajstić information content (AvgIpc) is 3.34. The molecule has 0 radical (unpaired) electrons. The maximum Gasteiger partial charge on any atom is 0.242 e. The van der Waals surface area contributed by atoms with Crippen LogP contribution in [0.3, 0.4) is 0 Å². The lowest BCUT2D eigenvalue weighted by Crippen LogP contribution is -2.55. The topological polar surface area (TPSA) is 80.5 Å². The number of carbonyl (C=O) groups is 1. The lowest BCUT2D eigenvalue weighted by atomic mass is 10.2. The third-order valence-electron chi connectivity index (χ3n) is 5.91. The minimum Gasteiger partial charge on any atom is -0.368 e. The predicted molar refractivity (Wildman–Crippen MR) is 135 cm³/mol. The van der Waals surface area contributed by atoms with Crippen LogP contribution >= 0.6 is 24.0 Å². The molecule has 3 heterocycles.